The van der Waals surface area contributed by atoms with Crippen LogP contribution in [0.5, 0.6) is 5.75 Å². The zero-order valence-corrected chi connectivity index (χ0v) is 10.5. The van der Waals surface area contributed by atoms with Gasteiger partial charge in [-0.15, -0.1) is 0 Å². The van der Waals surface area contributed by atoms with Crippen molar-refractivity contribution in [3.8, 4) is 11.8 Å². The van der Waals surface area contributed by atoms with E-state index < -0.39 is 0 Å². The minimum absolute atomic E-state index is 0.111. The maximum absolute atomic E-state index is 8.91. The predicted octanol–water partition coefficient (Wildman–Crippen LogP) is 2.26. The maximum atomic E-state index is 8.91. The molecule has 5 heteroatoms. The van der Waals surface area contributed by atoms with Crippen LogP contribution in [0.15, 0.2) is 34.7 Å². The third-order valence-corrected chi connectivity index (χ3v) is 2.66. The van der Waals surface area contributed by atoms with Crippen molar-refractivity contribution in [2.45, 2.75) is 13.2 Å². The van der Waals surface area contributed by atoms with Gasteiger partial charge in [0.05, 0.1) is 31.0 Å². The van der Waals surface area contributed by atoms with Crippen LogP contribution in [-0.2, 0) is 13.2 Å². The molecule has 1 heterocycles. The zero-order valence-electron chi connectivity index (χ0n) is 10.5. The number of hydrogen-bond acceptors (Lipinski definition) is 5. The number of anilines is 1. The van der Waals surface area contributed by atoms with Gasteiger partial charge in [0.25, 0.3) is 0 Å². The molecule has 19 heavy (non-hydrogen) atoms. The van der Waals surface area contributed by atoms with Crippen molar-refractivity contribution in [2.75, 3.05) is 12.4 Å². The first-order chi connectivity index (χ1) is 9.26. The number of hydrogen-bond donors (Lipinski definition) is 2. The number of furan rings is 1. The molecule has 0 saturated carbocycles. The van der Waals surface area contributed by atoms with Crippen LogP contribution in [0.25, 0.3) is 0 Å². The number of rotatable bonds is 5. The monoisotopic (exact) mass is 258 g/mol. The summed E-state index contributed by atoms with van der Waals surface area (Å²) in [5, 5.41) is 20.9. The van der Waals surface area contributed by atoms with Crippen LogP contribution in [0.3, 0.4) is 0 Å². The number of nitrogens with zero attached hydrogens (tertiary/aromatic N) is 1. The van der Waals surface area contributed by atoms with Gasteiger partial charge in [-0.1, -0.05) is 0 Å². The highest BCUT2D eigenvalue weighted by Gasteiger charge is 2.06. The van der Waals surface area contributed by atoms with E-state index in [1.807, 2.05) is 0 Å². The molecule has 0 fully saturated rings. The second-order valence-electron chi connectivity index (χ2n) is 3.91. The molecular formula is C14H14N2O3. The average molecular weight is 258 g/mol. The molecule has 0 amide bonds. The Balaban J connectivity index is 2.08. The SMILES string of the molecule is COc1cc(C#N)ccc1NCc1ccc(CO)o1. The van der Waals surface area contributed by atoms with Crippen molar-refractivity contribution in [1.82, 2.24) is 0 Å². The van der Waals surface area contributed by atoms with Crippen molar-refractivity contribution >= 4 is 5.69 Å². The van der Waals surface area contributed by atoms with Crippen molar-refractivity contribution < 1.29 is 14.3 Å². The number of nitrogens with one attached hydrogen (secondary N) is 1. The molecular weight excluding hydrogens is 244 g/mol. The summed E-state index contributed by atoms with van der Waals surface area (Å²) in [6, 6.07) is 10.8. The summed E-state index contributed by atoms with van der Waals surface area (Å²) in [5.41, 5.74) is 1.33. The van der Waals surface area contributed by atoms with Crippen LogP contribution in [0.1, 0.15) is 17.1 Å². The number of aliphatic hydroxyl groups is 1. The fraction of sp³-hybridized carbons (Fsp3) is 0.214. The number of ether oxygens (including phenoxy) is 1. The van der Waals surface area contributed by atoms with Crippen molar-refractivity contribution in [3.63, 3.8) is 0 Å². The van der Waals surface area contributed by atoms with Gasteiger partial charge >= 0.3 is 0 Å². The third kappa shape index (κ3) is 3.06. The van der Waals surface area contributed by atoms with Crippen LogP contribution in [0.2, 0.25) is 0 Å². The summed E-state index contributed by atoms with van der Waals surface area (Å²) in [6.07, 6.45) is 0. The minimum Gasteiger partial charge on any atom is -0.495 e. The highest BCUT2D eigenvalue weighted by molar-refractivity contribution is 5.59. The smallest absolute Gasteiger partial charge is 0.143 e. The summed E-state index contributed by atoms with van der Waals surface area (Å²) >= 11 is 0. The minimum atomic E-state index is -0.111. The molecule has 0 atom stereocenters. The molecule has 2 N–H and O–H groups in total. The molecule has 2 rings (SSSR count). The topological polar surface area (TPSA) is 78.4 Å². The molecule has 1 aromatic heterocycles. The van der Waals surface area contributed by atoms with E-state index in [1.165, 1.54) is 0 Å². The second-order valence-corrected chi connectivity index (χ2v) is 3.91. The average Bonchev–Trinajstić information content (AvgIpc) is 2.92. The van der Waals surface area contributed by atoms with Gasteiger partial charge in [0.2, 0.25) is 0 Å². The van der Waals surface area contributed by atoms with Gasteiger partial charge < -0.3 is 19.6 Å². The molecule has 0 aliphatic carbocycles. The van der Waals surface area contributed by atoms with Crippen molar-refractivity contribution in [2.24, 2.45) is 0 Å². The van der Waals surface area contributed by atoms with E-state index in [4.69, 9.17) is 19.5 Å². The Morgan fingerprint density at radius 3 is 2.74 bits per heavy atom. The first-order valence-electron chi connectivity index (χ1n) is 5.77. The van der Waals surface area contributed by atoms with E-state index in [0.29, 0.717) is 23.6 Å². The summed E-state index contributed by atoms with van der Waals surface area (Å²) < 4.78 is 10.6. The van der Waals surface area contributed by atoms with E-state index in [9.17, 15) is 0 Å². The van der Waals surface area contributed by atoms with E-state index in [0.717, 1.165) is 11.4 Å². The Kier molecular flexibility index (Phi) is 4.06. The lowest BCUT2D eigenvalue weighted by Crippen LogP contribution is -2.00. The van der Waals surface area contributed by atoms with E-state index in [1.54, 1.807) is 37.4 Å². The van der Waals surface area contributed by atoms with E-state index in [2.05, 4.69) is 11.4 Å². The van der Waals surface area contributed by atoms with Gasteiger partial charge in [0.1, 0.15) is 23.9 Å². The Bertz CT molecular complexity index is 599. The molecule has 0 bridgehead atoms. The van der Waals surface area contributed by atoms with Gasteiger partial charge in [-0.3, -0.25) is 0 Å². The third-order valence-electron chi connectivity index (χ3n) is 2.66. The molecule has 0 radical (unpaired) electrons. The zero-order chi connectivity index (χ0) is 13.7. The summed E-state index contributed by atoms with van der Waals surface area (Å²) in [7, 11) is 1.55. The van der Waals surface area contributed by atoms with Crippen LogP contribution >= 0.6 is 0 Å². The Morgan fingerprint density at radius 1 is 1.32 bits per heavy atom. The first kappa shape index (κ1) is 13.0. The fourth-order valence-electron chi connectivity index (χ4n) is 1.69. The lowest BCUT2D eigenvalue weighted by molar-refractivity contribution is 0.244. The molecule has 0 saturated heterocycles. The lowest BCUT2D eigenvalue weighted by atomic mass is 10.2. The number of aliphatic hydroxyl groups excluding tert-OH is 1. The van der Waals surface area contributed by atoms with Crippen molar-refractivity contribution in [3.05, 3.63) is 47.4 Å². The van der Waals surface area contributed by atoms with E-state index >= 15 is 0 Å². The molecule has 0 aliphatic rings. The van der Waals surface area contributed by atoms with Gasteiger partial charge in [0, 0.05) is 6.07 Å². The molecule has 1 aromatic carbocycles. The molecule has 5 nitrogen and oxygen atoms in total. The van der Waals surface area contributed by atoms with Gasteiger partial charge in [-0.25, -0.2) is 0 Å². The predicted molar refractivity (Wildman–Crippen MR) is 69.7 cm³/mol. The quantitative estimate of drug-likeness (QED) is 0.860. The van der Waals surface area contributed by atoms with Gasteiger partial charge in [0.15, 0.2) is 0 Å². The van der Waals surface area contributed by atoms with Crippen LogP contribution in [0.4, 0.5) is 5.69 Å². The molecule has 98 valence electrons. The second kappa shape index (κ2) is 5.94. The molecule has 2 aromatic rings. The maximum Gasteiger partial charge on any atom is 0.143 e. The Morgan fingerprint density at radius 2 is 2.11 bits per heavy atom. The largest absolute Gasteiger partial charge is 0.495 e. The highest BCUT2D eigenvalue weighted by atomic mass is 16.5. The Hall–Kier alpha value is -2.45. The number of nitriles is 1. The summed E-state index contributed by atoms with van der Waals surface area (Å²) in [6.45, 7) is 0.364. The van der Waals surface area contributed by atoms with Crippen LogP contribution in [0, 0.1) is 11.3 Å². The van der Waals surface area contributed by atoms with Crippen LogP contribution in [-0.4, -0.2) is 12.2 Å². The van der Waals surface area contributed by atoms with Gasteiger partial charge in [-0.05, 0) is 24.3 Å². The highest BCUT2D eigenvalue weighted by Crippen LogP contribution is 2.26. The Labute approximate surface area is 111 Å². The standard InChI is InChI=1S/C14H14N2O3/c1-18-14-6-10(7-15)2-5-13(14)16-8-11-3-4-12(9-17)19-11/h2-6,16-17H,8-9H2,1H3. The van der Waals surface area contributed by atoms with Crippen molar-refractivity contribution in [1.29, 1.82) is 5.26 Å². The van der Waals surface area contributed by atoms with E-state index in [-0.39, 0.29) is 6.61 Å². The first-order valence-corrected chi connectivity index (χ1v) is 5.77. The molecule has 0 aliphatic heterocycles. The number of methoxy groups -OCH3 is 1. The van der Waals surface area contributed by atoms with Crippen LogP contribution < -0.4 is 10.1 Å². The van der Waals surface area contributed by atoms with Gasteiger partial charge in [-0.2, -0.15) is 5.26 Å². The molecule has 0 unspecified atom stereocenters. The summed E-state index contributed by atoms with van der Waals surface area (Å²) in [4.78, 5) is 0. The molecule has 0 spiro atoms. The normalized spacial score (nSPS) is 9.95. The number of benzene rings is 1. The lowest BCUT2D eigenvalue weighted by Gasteiger charge is -2.10. The fourth-order valence-corrected chi connectivity index (χ4v) is 1.69. The summed E-state index contributed by atoms with van der Waals surface area (Å²) in [5.74, 6) is 1.85.